The molecule has 0 saturated carbocycles. The lowest BCUT2D eigenvalue weighted by Gasteiger charge is -2.10. The van der Waals surface area contributed by atoms with Gasteiger partial charge in [-0.1, -0.05) is 42.5 Å². The van der Waals surface area contributed by atoms with Gasteiger partial charge >= 0.3 is 0 Å². The van der Waals surface area contributed by atoms with Gasteiger partial charge in [0.1, 0.15) is 29.3 Å². The minimum absolute atomic E-state index is 0.0456. The minimum Gasteiger partial charge on any atom is -0.489 e. The van der Waals surface area contributed by atoms with Crippen LogP contribution in [0.25, 0.3) is 21.3 Å². The Bertz CT molecular complexity index is 1420. The number of fused-ring (bicyclic) bond motifs is 1. The van der Waals surface area contributed by atoms with Crippen LogP contribution in [0.5, 0.6) is 5.75 Å². The Kier molecular flexibility index (Phi) is 5.65. The van der Waals surface area contributed by atoms with Crippen LogP contribution in [-0.4, -0.2) is 14.9 Å². The zero-order chi connectivity index (χ0) is 22.6. The van der Waals surface area contributed by atoms with E-state index in [1.165, 1.54) is 23.7 Å². The van der Waals surface area contributed by atoms with Crippen LogP contribution in [0.3, 0.4) is 0 Å². The fourth-order valence-corrected chi connectivity index (χ4v) is 4.40. The van der Waals surface area contributed by atoms with Crippen molar-refractivity contribution in [2.75, 3.05) is 5.32 Å². The van der Waals surface area contributed by atoms with Crippen LogP contribution >= 0.6 is 11.3 Å². The highest BCUT2D eigenvalue weighted by molar-refractivity contribution is 7.17. The maximum absolute atomic E-state index is 11.2. The summed E-state index contributed by atoms with van der Waals surface area (Å²) in [5, 5.41) is 17.3. The number of nitro groups is 1. The van der Waals surface area contributed by atoms with Gasteiger partial charge in [0.15, 0.2) is 0 Å². The van der Waals surface area contributed by atoms with Crippen molar-refractivity contribution in [3.8, 4) is 16.9 Å². The van der Waals surface area contributed by atoms with Gasteiger partial charge in [0.25, 0.3) is 5.69 Å². The molecule has 0 spiro atoms. The van der Waals surface area contributed by atoms with E-state index in [9.17, 15) is 10.1 Å². The molecule has 33 heavy (non-hydrogen) atoms. The van der Waals surface area contributed by atoms with Gasteiger partial charge in [-0.3, -0.25) is 10.1 Å². The molecule has 162 valence electrons. The van der Waals surface area contributed by atoms with Crippen LogP contribution < -0.4 is 10.1 Å². The van der Waals surface area contributed by atoms with E-state index in [4.69, 9.17) is 4.74 Å². The van der Waals surface area contributed by atoms with Crippen LogP contribution in [0.15, 0.2) is 90.6 Å². The highest BCUT2D eigenvalue weighted by Gasteiger charge is 2.15. The van der Waals surface area contributed by atoms with E-state index < -0.39 is 4.92 Å². The molecule has 0 saturated heterocycles. The van der Waals surface area contributed by atoms with Crippen molar-refractivity contribution >= 4 is 38.7 Å². The topological polar surface area (TPSA) is 90.2 Å². The predicted octanol–water partition coefficient (Wildman–Crippen LogP) is 6.59. The van der Waals surface area contributed by atoms with Gasteiger partial charge in [0.05, 0.1) is 10.3 Å². The molecule has 0 fully saturated rings. The molecule has 0 aliphatic heterocycles. The summed E-state index contributed by atoms with van der Waals surface area (Å²) in [5.41, 5.74) is 3.60. The third-order valence-electron chi connectivity index (χ3n) is 5.10. The molecular formula is C25H18N4O3S. The number of anilines is 2. The second-order valence-corrected chi connectivity index (χ2v) is 8.14. The van der Waals surface area contributed by atoms with Crippen LogP contribution in [0.1, 0.15) is 5.56 Å². The van der Waals surface area contributed by atoms with Crippen molar-refractivity contribution in [2.45, 2.75) is 6.61 Å². The molecule has 0 atom stereocenters. The summed E-state index contributed by atoms with van der Waals surface area (Å²) in [6, 6.07) is 24.2. The van der Waals surface area contributed by atoms with Gasteiger partial charge < -0.3 is 10.1 Å². The molecular weight excluding hydrogens is 436 g/mol. The Hall–Kier alpha value is -4.30. The first-order valence-corrected chi connectivity index (χ1v) is 11.1. The lowest BCUT2D eigenvalue weighted by atomic mass is 10.1. The Morgan fingerprint density at radius 3 is 2.58 bits per heavy atom. The van der Waals surface area contributed by atoms with Gasteiger partial charge in [-0.15, -0.1) is 11.3 Å². The number of hydrogen-bond acceptors (Lipinski definition) is 7. The van der Waals surface area contributed by atoms with Gasteiger partial charge in [-0.05, 0) is 35.4 Å². The molecule has 0 amide bonds. The highest BCUT2D eigenvalue weighted by atomic mass is 32.1. The Morgan fingerprint density at radius 1 is 0.970 bits per heavy atom. The van der Waals surface area contributed by atoms with E-state index in [0.717, 1.165) is 38.3 Å². The zero-order valence-corrected chi connectivity index (χ0v) is 18.2. The molecule has 0 radical (unpaired) electrons. The summed E-state index contributed by atoms with van der Waals surface area (Å²) in [7, 11) is 0. The van der Waals surface area contributed by atoms with Crippen molar-refractivity contribution in [1.82, 2.24) is 9.97 Å². The maximum atomic E-state index is 11.2. The van der Waals surface area contributed by atoms with Gasteiger partial charge in [0, 0.05) is 28.8 Å². The first kappa shape index (κ1) is 20.6. The highest BCUT2D eigenvalue weighted by Crippen LogP contribution is 2.38. The van der Waals surface area contributed by atoms with E-state index in [0.29, 0.717) is 12.4 Å². The number of thiophene rings is 1. The minimum atomic E-state index is -0.394. The van der Waals surface area contributed by atoms with E-state index in [1.807, 2.05) is 66.0 Å². The van der Waals surface area contributed by atoms with Crippen LogP contribution in [0.4, 0.5) is 17.2 Å². The van der Waals surface area contributed by atoms with Crippen molar-refractivity contribution in [3.05, 3.63) is 106 Å². The monoisotopic (exact) mass is 454 g/mol. The second-order valence-electron chi connectivity index (χ2n) is 7.28. The summed E-state index contributed by atoms with van der Waals surface area (Å²) < 4.78 is 5.86. The third-order valence-corrected chi connectivity index (χ3v) is 5.99. The number of nitrogens with one attached hydrogen (secondary N) is 1. The van der Waals surface area contributed by atoms with E-state index in [-0.39, 0.29) is 5.69 Å². The fraction of sp³-hybridized carbons (Fsp3) is 0.0400. The number of hydrogen-bond donors (Lipinski definition) is 1. The summed E-state index contributed by atoms with van der Waals surface area (Å²) in [6.45, 7) is 0.502. The van der Waals surface area contributed by atoms with E-state index in [2.05, 4.69) is 15.3 Å². The summed E-state index contributed by atoms with van der Waals surface area (Å²) in [6.07, 6.45) is 1.51. The average Bonchev–Trinajstić information content (AvgIpc) is 3.30. The van der Waals surface area contributed by atoms with Crippen molar-refractivity contribution in [1.29, 1.82) is 0 Å². The first-order chi connectivity index (χ1) is 16.2. The van der Waals surface area contributed by atoms with E-state index in [1.54, 1.807) is 12.1 Å². The molecule has 3 aromatic carbocycles. The normalized spacial score (nSPS) is 10.8. The second kappa shape index (κ2) is 9.05. The van der Waals surface area contributed by atoms with Crippen molar-refractivity contribution in [2.24, 2.45) is 0 Å². The van der Waals surface area contributed by atoms with E-state index >= 15 is 0 Å². The van der Waals surface area contributed by atoms with Gasteiger partial charge in [-0.25, -0.2) is 9.97 Å². The molecule has 7 nitrogen and oxygen atoms in total. The molecule has 8 heteroatoms. The molecule has 2 heterocycles. The molecule has 0 bridgehead atoms. The number of aromatic nitrogens is 2. The smallest absolute Gasteiger partial charge is 0.270 e. The van der Waals surface area contributed by atoms with Crippen LogP contribution in [0.2, 0.25) is 0 Å². The number of nitro benzene ring substituents is 1. The molecule has 2 aromatic heterocycles. The van der Waals surface area contributed by atoms with Crippen molar-refractivity contribution < 1.29 is 9.66 Å². The predicted molar refractivity (Wildman–Crippen MR) is 130 cm³/mol. The number of non-ortho nitro benzene ring substituents is 1. The SMILES string of the molecule is O=[N+]([O-])c1cccc(-c2csc3ncnc(Nc4ccc(OCc5ccccc5)cc4)c23)c1. The molecule has 0 unspecified atom stereocenters. The number of benzene rings is 3. The largest absolute Gasteiger partial charge is 0.489 e. The van der Waals surface area contributed by atoms with Gasteiger partial charge in [0.2, 0.25) is 0 Å². The molecule has 5 aromatic rings. The van der Waals surface area contributed by atoms with Crippen LogP contribution in [-0.2, 0) is 6.61 Å². The Labute approximate surface area is 193 Å². The zero-order valence-electron chi connectivity index (χ0n) is 17.3. The Morgan fingerprint density at radius 2 is 1.79 bits per heavy atom. The summed E-state index contributed by atoms with van der Waals surface area (Å²) >= 11 is 1.47. The molecule has 0 aliphatic carbocycles. The standard InChI is InChI=1S/C25H18N4O3S/c30-29(31)20-8-4-7-18(13-20)22-15-33-25-23(22)24(26-16-27-25)28-19-9-11-21(12-10-19)32-14-17-5-2-1-3-6-17/h1-13,15-16H,14H2,(H,26,27,28). The molecule has 5 rings (SSSR count). The molecule has 0 aliphatic rings. The van der Waals surface area contributed by atoms with Gasteiger partial charge in [-0.2, -0.15) is 0 Å². The summed E-state index contributed by atoms with van der Waals surface area (Å²) in [5.74, 6) is 1.41. The van der Waals surface area contributed by atoms with Crippen LogP contribution in [0, 0.1) is 10.1 Å². The number of ether oxygens (including phenoxy) is 1. The lowest BCUT2D eigenvalue weighted by molar-refractivity contribution is -0.384. The Balaban J connectivity index is 1.40. The lowest BCUT2D eigenvalue weighted by Crippen LogP contribution is -1.97. The summed E-state index contributed by atoms with van der Waals surface area (Å²) in [4.78, 5) is 20.4. The fourth-order valence-electron chi connectivity index (χ4n) is 3.48. The van der Waals surface area contributed by atoms with Crippen molar-refractivity contribution in [3.63, 3.8) is 0 Å². The first-order valence-electron chi connectivity index (χ1n) is 10.2. The average molecular weight is 455 g/mol. The number of nitrogens with zero attached hydrogens (tertiary/aromatic N) is 3. The maximum Gasteiger partial charge on any atom is 0.270 e. The third kappa shape index (κ3) is 4.51. The molecule has 1 N–H and O–H groups in total. The quantitative estimate of drug-likeness (QED) is 0.220. The number of rotatable bonds is 7.